The molecular weight excluding hydrogens is 358 g/mol. The van der Waals surface area contributed by atoms with Crippen LogP contribution in [0.1, 0.15) is 29.6 Å². The van der Waals surface area contributed by atoms with Crippen LogP contribution < -0.4 is 0 Å². The molecule has 0 spiro atoms. The number of amides is 1. The Labute approximate surface area is 136 Å². The van der Waals surface area contributed by atoms with Crippen LogP contribution in [0.15, 0.2) is 22.7 Å². The number of carbonyl (C=O) groups is 2. The van der Waals surface area contributed by atoms with Crippen molar-refractivity contribution in [3.63, 3.8) is 0 Å². The second kappa shape index (κ2) is 5.61. The first-order valence-corrected chi connectivity index (χ1v) is 8.15. The molecule has 1 amide bonds. The molecule has 0 aromatic heterocycles. The molecule has 2 aliphatic rings. The fraction of sp³-hybridized carbons (Fsp3) is 0.467. The average Bonchev–Trinajstić information content (AvgIpc) is 3.00. The lowest BCUT2D eigenvalue weighted by Gasteiger charge is -2.25. The number of benzene rings is 1. The van der Waals surface area contributed by atoms with Crippen LogP contribution in [0.25, 0.3) is 0 Å². The maximum Gasteiger partial charge on any atom is 0.326 e. The van der Waals surface area contributed by atoms with Crippen LogP contribution in [0.2, 0.25) is 5.02 Å². The summed E-state index contributed by atoms with van der Waals surface area (Å²) >= 11 is 9.42. The highest BCUT2D eigenvalue weighted by molar-refractivity contribution is 9.10. The summed E-state index contributed by atoms with van der Waals surface area (Å²) in [5.74, 6) is -0.815. The average molecular weight is 373 g/mol. The van der Waals surface area contributed by atoms with E-state index in [2.05, 4.69) is 15.9 Å². The van der Waals surface area contributed by atoms with E-state index in [0.717, 1.165) is 23.7 Å². The number of carbonyl (C=O) groups excluding carboxylic acids is 1. The smallest absolute Gasteiger partial charge is 0.326 e. The second-order valence-corrected chi connectivity index (χ2v) is 7.04. The SMILES string of the molecule is O=C(O)C1C2CCCC2CN1C(=O)c1cc(Br)ccc1Cl. The lowest BCUT2D eigenvalue weighted by Crippen LogP contribution is -2.43. The second-order valence-electron chi connectivity index (χ2n) is 5.72. The minimum Gasteiger partial charge on any atom is -0.480 e. The molecule has 1 aromatic rings. The van der Waals surface area contributed by atoms with E-state index in [-0.39, 0.29) is 11.8 Å². The van der Waals surface area contributed by atoms with Crippen molar-refractivity contribution < 1.29 is 14.7 Å². The summed E-state index contributed by atoms with van der Waals surface area (Å²) in [6.07, 6.45) is 2.95. The number of carboxylic acid groups (broad SMARTS) is 1. The molecule has 0 bridgehead atoms. The van der Waals surface area contributed by atoms with Crippen LogP contribution in [0.5, 0.6) is 0 Å². The van der Waals surface area contributed by atoms with Gasteiger partial charge in [-0.05, 0) is 42.9 Å². The zero-order valence-corrected chi connectivity index (χ0v) is 13.6. The highest BCUT2D eigenvalue weighted by Crippen LogP contribution is 2.43. The summed E-state index contributed by atoms with van der Waals surface area (Å²) in [7, 11) is 0. The lowest BCUT2D eigenvalue weighted by atomic mass is 9.94. The molecule has 6 heteroatoms. The van der Waals surface area contributed by atoms with Crippen molar-refractivity contribution >= 4 is 39.4 Å². The molecule has 112 valence electrons. The van der Waals surface area contributed by atoms with Gasteiger partial charge in [-0.3, -0.25) is 4.79 Å². The molecule has 1 saturated carbocycles. The van der Waals surface area contributed by atoms with Crippen molar-refractivity contribution in [2.24, 2.45) is 11.8 Å². The number of carboxylic acids is 1. The third-order valence-electron chi connectivity index (χ3n) is 4.56. The number of rotatable bonds is 2. The largest absolute Gasteiger partial charge is 0.480 e. The van der Waals surface area contributed by atoms with Gasteiger partial charge in [-0.25, -0.2) is 4.79 Å². The summed E-state index contributed by atoms with van der Waals surface area (Å²) in [5, 5.41) is 9.87. The Morgan fingerprint density at radius 2 is 2.10 bits per heavy atom. The maximum atomic E-state index is 12.7. The van der Waals surface area contributed by atoms with E-state index in [9.17, 15) is 14.7 Å². The molecule has 2 fully saturated rings. The number of aliphatic carboxylic acids is 1. The van der Waals surface area contributed by atoms with Gasteiger partial charge in [0, 0.05) is 11.0 Å². The van der Waals surface area contributed by atoms with Crippen molar-refractivity contribution in [2.75, 3.05) is 6.54 Å². The van der Waals surface area contributed by atoms with Crippen molar-refractivity contribution in [1.82, 2.24) is 4.90 Å². The summed E-state index contributed by atoms with van der Waals surface area (Å²) in [6.45, 7) is 0.517. The molecule has 1 heterocycles. The van der Waals surface area contributed by atoms with Gasteiger partial charge in [0.2, 0.25) is 0 Å². The van der Waals surface area contributed by atoms with Gasteiger partial charge in [-0.15, -0.1) is 0 Å². The van der Waals surface area contributed by atoms with Crippen molar-refractivity contribution in [1.29, 1.82) is 0 Å². The molecule has 0 radical (unpaired) electrons. The third-order valence-corrected chi connectivity index (χ3v) is 5.39. The third kappa shape index (κ3) is 2.57. The highest BCUT2D eigenvalue weighted by atomic mass is 79.9. The summed E-state index contributed by atoms with van der Waals surface area (Å²) in [5.41, 5.74) is 0.359. The Balaban J connectivity index is 1.93. The van der Waals surface area contributed by atoms with E-state index in [1.165, 1.54) is 4.90 Å². The molecule has 4 nitrogen and oxygen atoms in total. The summed E-state index contributed by atoms with van der Waals surface area (Å²) < 4.78 is 0.751. The lowest BCUT2D eigenvalue weighted by molar-refractivity contribution is -0.142. The van der Waals surface area contributed by atoms with E-state index in [1.54, 1.807) is 18.2 Å². The van der Waals surface area contributed by atoms with Gasteiger partial charge in [0.1, 0.15) is 6.04 Å². The zero-order chi connectivity index (χ0) is 15.1. The van der Waals surface area contributed by atoms with Gasteiger partial charge in [-0.2, -0.15) is 0 Å². The van der Waals surface area contributed by atoms with Crippen LogP contribution in [0.4, 0.5) is 0 Å². The maximum absolute atomic E-state index is 12.7. The van der Waals surface area contributed by atoms with E-state index < -0.39 is 12.0 Å². The predicted molar refractivity (Wildman–Crippen MR) is 82.4 cm³/mol. The van der Waals surface area contributed by atoms with Crippen LogP contribution in [-0.4, -0.2) is 34.5 Å². The zero-order valence-electron chi connectivity index (χ0n) is 11.3. The number of fused-ring (bicyclic) bond motifs is 1. The first kappa shape index (κ1) is 14.9. The Morgan fingerprint density at radius 3 is 2.81 bits per heavy atom. The van der Waals surface area contributed by atoms with Gasteiger partial charge in [0.25, 0.3) is 5.91 Å². The number of hydrogen-bond acceptors (Lipinski definition) is 2. The number of likely N-dealkylation sites (tertiary alicyclic amines) is 1. The quantitative estimate of drug-likeness (QED) is 0.865. The van der Waals surface area contributed by atoms with Gasteiger partial charge in [0.15, 0.2) is 0 Å². The molecule has 1 N–H and O–H groups in total. The van der Waals surface area contributed by atoms with Crippen LogP contribution in [-0.2, 0) is 4.79 Å². The Kier molecular flexibility index (Phi) is 3.97. The first-order chi connectivity index (χ1) is 9.99. The van der Waals surface area contributed by atoms with Gasteiger partial charge < -0.3 is 10.0 Å². The predicted octanol–water partition coefficient (Wildman–Crippen LogP) is 3.43. The van der Waals surface area contributed by atoms with Gasteiger partial charge in [-0.1, -0.05) is 34.0 Å². The minimum atomic E-state index is -0.913. The molecule has 1 aromatic carbocycles. The standard InChI is InChI=1S/C15H15BrClNO3/c16-9-4-5-12(17)11(6-9)14(19)18-7-8-2-1-3-10(8)13(18)15(20)21/h4-6,8,10,13H,1-3,7H2,(H,20,21). The minimum absolute atomic E-state index is 0.0809. The Bertz CT molecular complexity index is 607. The van der Waals surface area contributed by atoms with E-state index >= 15 is 0 Å². The Morgan fingerprint density at radius 1 is 1.33 bits per heavy atom. The van der Waals surface area contributed by atoms with Gasteiger partial charge >= 0.3 is 5.97 Å². The van der Waals surface area contributed by atoms with Crippen LogP contribution >= 0.6 is 27.5 Å². The molecule has 1 aliphatic carbocycles. The van der Waals surface area contributed by atoms with E-state index in [0.29, 0.717) is 23.0 Å². The van der Waals surface area contributed by atoms with Crippen LogP contribution in [0, 0.1) is 11.8 Å². The van der Waals surface area contributed by atoms with Gasteiger partial charge in [0.05, 0.1) is 10.6 Å². The number of hydrogen-bond donors (Lipinski definition) is 1. The fourth-order valence-corrected chi connectivity index (χ4v) is 4.21. The molecular formula is C15H15BrClNO3. The first-order valence-electron chi connectivity index (χ1n) is 6.98. The number of halogens is 2. The fourth-order valence-electron chi connectivity index (χ4n) is 3.65. The summed E-state index contributed by atoms with van der Waals surface area (Å²) in [4.78, 5) is 25.8. The molecule has 3 unspecified atom stereocenters. The molecule has 1 aliphatic heterocycles. The van der Waals surface area contributed by atoms with E-state index in [1.807, 2.05) is 0 Å². The van der Waals surface area contributed by atoms with Crippen molar-refractivity contribution in [3.05, 3.63) is 33.3 Å². The number of nitrogens with zero attached hydrogens (tertiary/aromatic N) is 1. The summed E-state index contributed by atoms with van der Waals surface area (Å²) in [6, 6.07) is 4.33. The topological polar surface area (TPSA) is 57.6 Å². The molecule has 21 heavy (non-hydrogen) atoms. The molecule has 3 atom stereocenters. The normalized spacial score (nSPS) is 27.7. The molecule has 1 saturated heterocycles. The van der Waals surface area contributed by atoms with Crippen LogP contribution in [0.3, 0.4) is 0 Å². The van der Waals surface area contributed by atoms with Crippen molar-refractivity contribution in [2.45, 2.75) is 25.3 Å². The Hall–Kier alpha value is -1.07. The van der Waals surface area contributed by atoms with E-state index in [4.69, 9.17) is 11.6 Å². The highest BCUT2D eigenvalue weighted by Gasteiger charge is 2.49. The van der Waals surface area contributed by atoms with Crippen molar-refractivity contribution in [3.8, 4) is 0 Å². The monoisotopic (exact) mass is 371 g/mol. The molecule has 3 rings (SSSR count).